The van der Waals surface area contributed by atoms with Gasteiger partial charge < -0.3 is 40.7 Å². The van der Waals surface area contributed by atoms with E-state index in [9.17, 15) is 43.2 Å². The molecular formula is C48H66N4O11. The third-order valence-corrected chi connectivity index (χ3v) is 9.68. The van der Waals surface area contributed by atoms with Crippen LogP contribution in [0.25, 0.3) is 0 Å². The van der Waals surface area contributed by atoms with Gasteiger partial charge in [-0.05, 0) is 73.9 Å². The molecule has 15 nitrogen and oxygen atoms in total. The van der Waals surface area contributed by atoms with E-state index in [0.717, 1.165) is 11.1 Å². The van der Waals surface area contributed by atoms with Crippen molar-refractivity contribution in [1.29, 1.82) is 0 Å². The molecule has 0 unspecified atom stereocenters. The molecule has 0 bridgehead atoms. The maximum absolute atomic E-state index is 12.9. The Kier molecular flexibility index (Phi) is 25.5. The Hall–Kier alpha value is -6.09. The molecule has 2 aromatic carbocycles. The molecule has 4 atom stereocenters. The number of nitrogens with one attached hydrogen (secondary N) is 4. The van der Waals surface area contributed by atoms with E-state index in [1.165, 1.54) is 20.8 Å². The number of ether oxygens (including phenoxy) is 1. The molecule has 344 valence electrons. The van der Waals surface area contributed by atoms with E-state index in [1.54, 1.807) is 60.7 Å². The number of aliphatic hydroxyl groups excluding tert-OH is 1. The van der Waals surface area contributed by atoms with E-state index in [0.29, 0.717) is 24.2 Å². The normalized spacial score (nSPS) is 12.5. The van der Waals surface area contributed by atoms with Gasteiger partial charge in [-0.2, -0.15) is 0 Å². The second kappa shape index (κ2) is 29.3. The van der Waals surface area contributed by atoms with Gasteiger partial charge in [0.25, 0.3) is 0 Å². The Morgan fingerprint density at radius 3 is 1.25 bits per heavy atom. The van der Waals surface area contributed by atoms with Crippen molar-refractivity contribution < 1.29 is 53.0 Å². The zero-order valence-electron chi connectivity index (χ0n) is 37.8. The third kappa shape index (κ3) is 22.5. The molecule has 5 N–H and O–H groups in total. The van der Waals surface area contributed by atoms with Crippen molar-refractivity contribution in [3.05, 3.63) is 85.0 Å². The van der Waals surface area contributed by atoms with Crippen LogP contribution in [0.15, 0.2) is 73.8 Å². The quantitative estimate of drug-likeness (QED) is 0.0506. The summed E-state index contributed by atoms with van der Waals surface area (Å²) in [7, 11) is 0. The number of benzene rings is 2. The molecule has 0 fully saturated rings. The van der Waals surface area contributed by atoms with Crippen molar-refractivity contribution in [1.82, 2.24) is 10.6 Å². The molecule has 0 radical (unpaired) electrons. The van der Waals surface area contributed by atoms with Crippen molar-refractivity contribution in [2.75, 3.05) is 10.6 Å². The number of allylic oxidation sites excluding steroid dienone is 2. The lowest BCUT2D eigenvalue weighted by Crippen LogP contribution is -2.45. The van der Waals surface area contributed by atoms with E-state index < -0.39 is 23.9 Å². The average molecular weight is 875 g/mol. The van der Waals surface area contributed by atoms with Gasteiger partial charge in [0, 0.05) is 68.7 Å². The third-order valence-electron chi connectivity index (χ3n) is 9.68. The molecule has 4 amide bonds. The topological polar surface area (TPSA) is 231 Å². The molecule has 0 aliphatic carbocycles. The van der Waals surface area contributed by atoms with Crippen molar-refractivity contribution in [3.63, 3.8) is 0 Å². The molecule has 0 aliphatic heterocycles. The first-order valence-electron chi connectivity index (χ1n) is 21.1. The molecule has 0 saturated carbocycles. The summed E-state index contributed by atoms with van der Waals surface area (Å²) in [5, 5.41) is 20.1. The summed E-state index contributed by atoms with van der Waals surface area (Å²) in [5.74, 6) is -4.01. The first-order valence-corrected chi connectivity index (χ1v) is 21.1. The summed E-state index contributed by atoms with van der Waals surface area (Å²) in [4.78, 5) is 109. The fourth-order valence-electron chi connectivity index (χ4n) is 6.07. The number of carbonyl (C=O) groups excluding carboxylic acids is 9. The number of Topliss-reactive ketones (excluding diaryl/α,β-unsaturated/α-hetero) is 4. The largest absolute Gasteiger partial charge is 0.461 e. The standard InChI is InChI=1S/C25H34N2O6.C23H32N2O5/c1-6-7-20(14-22(30)24(16(2)3)27-23(31)13-8-17(4)28)25(32)26-21-11-9-19(10-12-21)15-33-18(5)29;1-5-6-18(23(30)24-19-10-8-17(14-26)9-11-19)13-20(28)22(15(2)3)25-21(29)12-7-16(4)27/h6,9-12,16,20,24H,1,7-8,13-15H2,2-5H3,(H,26,32)(H,27,31);5,8-11,15,18,22,26H,1,6-7,12-14H2,2-4H3,(H,24,30)(H,25,29)/t20-,24+;18-,22+/m11/s1. The lowest BCUT2D eigenvalue weighted by atomic mass is 9.90. The minimum atomic E-state index is -0.745. The van der Waals surface area contributed by atoms with Gasteiger partial charge >= 0.3 is 5.97 Å². The highest BCUT2D eigenvalue weighted by Gasteiger charge is 2.30. The zero-order chi connectivity index (χ0) is 47.6. The minimum Gasteiger partial charge on any atom is -0.461 e. The van der Waals surface area contributed by atoms with Gasteiger partial charge in [-0.1, -0.05) is 64.1 Å². The van der Waals surface area contributed by atoms with E-state index in [-0.39, 0.29) is 116 Å². The van der Waals surface area contributed by atoms with Gasteiger partial charge in [-0.15, -0.1) is 13.2 Å². The van der Waals surface area contributed by atoms with Gasteiger partial charge in [-0.25, -0.2) is 0 Å². The Bertz CT molecular complexity index is 1890. The summed E-state index contributed by atoms with van der Waals surface area (Å²) in [5.41, 5.74) is 2.62. The van der Waals surface area contributed by atoms with Crippen LogP contribution in [0.5, 0.6) is 0 Å². The Morgan fingerprint density at radius 1 is 0.587 bits per heavy atom. The van der Waals surface area contributed by atoms with Crippen molar-refractivity contribution in [2.24, 2.45) is 23.7 Å². The number of hydrogen-bond donors (Lipinski definition) is 5. The fourth-order valence-corrected chi connectivity index (χ4v) is 6.07. The lowest BCUT2D eigenvalue weighted by molar-refractivity contribution is -0.142. The number of aliphatic hydroxyl groups is 1. The van der Waals surface area contributed by atoms with Crippen LogP contribution >= 0.6 is 0 Å². The van der Waals surface area contributed by atoms with Crippen LogP contribution in [0.1, 0.15) is 111 Å². The van der Waals surface area contributed by atoms with E-state index in [2.05, 4.69) is 34.4 Å². The molecule has 15 heteroatoms. The average Bonchev–Trinajstić information content (AvgIpc) is 3.22. The fraction of sp³-hybridized carbons (Fsp3) is 0.479. The van der Waals surface area contributed by atoms with E-state index in [1.807, 2.05) is 27.7 Å². The molecule has 0 saturated heterocycles. The Morgan fingerprint density at radius 2 is 0.952 bits per heavy atom. The van der Waals surface area contributed by atoms with Crippen LogP contribution in [0, 0.1) is 23.7 Å². The van der Waals surface area contributed by atoms with Gasteiger partial charge in [0.15, 0.2) is 11.6 Å². The first kappa shape index (κ1) is 54.9. The first-order chi connectivity index (χ1) is 29.7. The summed E-state index contributed by atoms with van der Waals surface area (Å²) < 4.78 is 4.94. The predicted molar refractivity (Wildman–Crippen MR) is 241 cm³/mol. The second-order valence-electron chi connectivity index (χ2n) is 16.1. The van der Waals surface area contributed by atoms with Crippen molar-refractivity contribution >= 4 is 64.1 Å². The lowest BCUT2D eigenvalue weighted by Gasteiger charge is -2.23. The SMILES string of the molecule is C=CC[C@H](CC(=O)[C@@H](NC(=O)CCC(C)=O)C(C)C)C(=O)Nc1ccc(CO)cc1.C=CC[C@H](CC(=O)[C@@H](NC(=O)CCC(C)=O)C(C)C)C(=O)Nc1ccc(COC(C)=O)cc1. The predicted octanol–water partition coefficient (Wildman–Crippen LogP) is 6.13. The maximum atomic E-state index is 12.9. The van der Waals surface area contributed by atoms with Gasteiger partial charge in [0.1, 0.15) is 18.2 Å². The molecule has 0 aromatic heterocycles. The van der Waals surface area contributed by atoms with Gasteiger partial charge in [0.2, 0.25) is 23.6 Å². The summed E-state index contributed by atoms with van der Waals surface area (Å²) in [6, 6.07) is 12.1. The Balaban J connectivity index is 0.000000633. The molecular weight excluding hydrogens is 809 g/mol. The molecule has 0 aliphatic rings. The van der Waals surface area contributed by atoms with Gasteiger partial charge in [-0.3, -0.25) is 33.6 Å². The van der Waals surface area contributed by atoms with Crippen LogP contribution in [0.4, 0.5) is 11.4 Å². The smallest absolute Gasteiger partial charge is 0.302 e. The maximum Gasteiger partial charge on any atom is 0.302 e. The van der Waals surface area contributed by atoms with Crippen molar-refractivity contribution in [3.8, 4) is 0 Å². The highest BCUT2D eigenvalue weighted by molar-refractivity contribution is 5.99. The molecule has 0 heterocycles. The van der Waals surface area contributed by atoms with Crippen LogP contribution < -0.4 is 21.3 Å². The number of amides is 4. The number of hydrogen-bond acceptors (Lipinski definition) is 11. The van der Waals surface area contributed by atoms with E-state index in [4.69, 9.17) is 9.84 Å². The number of carbonyl (C=O) groups is 9. The van der Waals surface area contributed by atoms with Gasteiger partial charge in [0.05, 0.1) is 18.7 Å². The summed E-state index contributed by atoms with van der Waals surface area (Å²) in [6.07, 6.45) is 3.98. The van der Waals surface area contributed by atoms with Crippen LogP contribution in [0.2, 0.25) is 0 Å². The minimum absolute atomic E-state index is 0.0237. The highest BCUT2D eigenvalue weighted by Crippen LogP contribution is 2.20. The number of anilines is 2. The Labute approximate surface area is 371 Å². The van der Waals surface area contributed by atoms with Crippen LogP contribution in [-0.2, 0) is 61.1 Å². The monoisotopic (exact) mass is 874 g/mol. The molecule has 63 heavy (non-hydrogen) atoms. The number of esters is 1. The van der Waals surface area contributed by atoms with E-state index >= 15 is 0 Å². The zero-order valence-corrected chi connectivity index (χ0v) is 37.8. The molecule has 2 rings (SSSR count). The molecule has 0 spiro atoms. The summed E-state index contributed by atoms with van der Waals surface area (Å²) >= 11 is 0. The molecule has 2 aromatic rings. The highest BCUT2D eigenvalue weighted by atomic mass is 16.5. The van der Waals surface area contributed by atoms with Crippen molar-refractivity contribution in [2.45, 2.75) is 125 Å². The van der Waals surface area contributed by atoms with Crippen LogP contribution in [-0.4, -0.2) is 69.9 Å². The summed E-state index contributed by atoms with van der Waals surface area (Å²) in [6.45, 7) is 18.8. The second-order valence-corrected chi connectivity index (χ2v) is 16.1. The number of ketones is 4. The van der Waals surface area contributed by atoms with Crippen LogP contribution in [0.3, 0.4) is 0 Å². The number of rotatable bonds is 27.